The summed E-state index contributed by atoms with van der Waals surface area (Å²) >= 11 is 1.56. The molecule has 0 spiro atoms. The molecule has 1 heterocycles. The van der Waals surface area contributed by atoms with Crippen LogP contribution in [0.1, 0.15) is 6.42 Å². The number of halogens is 3. The van der Waals surface area contributed by atoms with Gasteiger partial charge in [-0.1, -0.05) is 23.9 Å². The van der Waals surface area contributed by atoms with E-state index in [1.54, 1.807) is 30.0 Å². The zero-order valence-electron chi connectivity index (χ0n) is 10.8. The summed E-state index contributed by atoms with van der Waals surface area (Å²) in [4.78, 5) is 1.92. The number of hydrogen-bond acceptors (Lipinski definition) is 3. The summed E-state index contributed by atoms with van der Waals surface area (Å²) in [5, 5.41) is 0. The summed E-state index contributed by atoms with van der Waals surface area (Å²) in [6.07, 6.45) is -5.18. The van der Waals surface area contributed by atoms with Gasteiger partial charge in [0.25, 0.3) is 0 Å². The van der Waals surface area contributed by atoms with Crippen molar-refractivity contribution in [3.8, 4) is 17.2 Å². The largest absolute Gasteiger partial charge is 0.493 e. The van der Waals surface area contributed by atoms with Crippen LogP contribution in [0.5, 0.6) is 17.2 Å². The van der Waals surface area contributed by atoms with Crippen LogP contribution >= 0.6 is 11.8 Å². The molecule has 0 radical (unpaired) electrons. The highest BCUT2D eigenvalue weighted by Crippen LogP contribution is 2.47. The monoisotopic (exact) mass is 312 g/mol. The molecular weight excluding hydrogens is 301 g/mol. The SMILES string of the molecule is FC(F)(F)CCOc1ccc2c(c1)Oc1ccccc1S2. The van der Waals surface area contributed by atoms with Crippen LogP contribution in [0.15, 0.2) is 52.3 Å². The van der Waals surface area contributed by atoms with Gasteiger partial charge in [-0.2, -0.15) is 13.2 Å². The fourth-order valence-corrected chi connectivity index (χ4v) is 2.81. The molecule has 2 aromatic rings. The molecule has 0 N–H and O–H groups in total. The van der Waals surface area contributed by atoms with E-state index in [0.717, 1.165) is 15.5 Å². The van der Waals surface area contributed by atoms with E-state index in [9.17, 15) is 13.2 Å². The predicted molar refractivity (Wildman–Crippen MR) is 73.2 cm³/mol. The minimum absolute atomic E-state index is 0.373. The molecule has 1 aliphatic heterocycles. The zero-order valence-corrected chi connectivity index (χ0v) is 11.6. The highest BCUT2D eigenvalue weighted by molar-refractivity contribution is 7.99. The number of ether oxygens (including phenoxy) is 2. The predicted octanol–water partition coefficient (Wildman–Crippen LogP) is 5.27. The van der Waals surface area contributed by atoms with Crippen LogP contribution < -0.4 is 9.47 Å². The van der Waals surface area contributed by atoms with Crippen molar-refractivity contribution < 1.29 is 22.6 Å². The Kier molecular flexibility index (Phi) is 3.71. The lowest BCUT2D eigenvalue weighted by Crippen LogP contribution is -2.13. The van der Waals surface area contributed by atoms with Crippen LogP contribution in [-0.4, -0.2) is 12.8 Å². The summed E-state index contributed by atoms with van der Waals surface area (Å²) in [5.41, 5.74) is 0. The summed E-state index contributed by atoms with van der Waals surface area (Å²) < 4.78 is 47.1. The van der Waals surface area contributed by atoms with Gasteiger partial charge in [0.2, 0.25) is 0 Å². The Labute approximate surface area is 123 Å². The van der Waals surface area contributed by atoms with E-state index in [1.807, 2.05) is 24.3 Å². The molecule has 0 saturated heterocycles. The van der Waals surface area contributed by atoms with Crippen molar-refractivity contribution >= 4 is 11.8 Å². The zero-order chi connectivity index (χ0) is 14.9. The van der Waals surface area contributed by atoms with Gasteiger partial charge >= 0.3 is 6.18 Å². The van der Waals surface area contributed by atoms with Gasteiger partial charge in [-0.25, -0.2) is 0 Å². The molecule has 2 nitrogen and oxygen atoms in total. The Morgan fingerprint density at radius 1 is 1.00 bits per heavy atom. The second kappa shape index (κ2) is 5.52. The van der Waals surface area contributed by atoms with Crippen molar-refractivity contribution in [2.45, 2.75) is 22.4 Å². The first-order valence-corrected chi connectivity index (χ1v) is 7.11. The van der Waals surface area contributed by atoms with Crippen molar-refractivity contribution in [1.29, 1.82) is 0 Å². The molecule has 3 rings (SSSR count). The van der Waals surface area contributed by atoms with E-state index in [-0.39, 0.29) is 0 Å². The molecular formula is C15H11F3O2S. The first kappa shape index (κ1) is 14.1. The molecule has 0 bridgehead atoms. The molecule has 0 unspecified atom stereocenters. The molecule has 21 heavy (non-hydrogen) atoms. The minimum atomic E-state index is -4.21. The number of benzene rings is 2. The Hall–Kier alpha value is -1.82. The lowest BCUT2D eigenvalue weighted by Gasteiger charge is -2.20. The Morgan fingerprint density at radius 3 is 2.57 bits per heavy atom. The van der Waals surface area contributed by atoms with Gasteiger partial charge in [0.15, 0.2) is 0 Å². The first-order valence-electron chi connectivity index (χ1n) is 6.30. The van der Waals surface area contributed by atoms with Gasteiger partial charge in [0.05, 0.1) is 22.8 Å². The van der Waals surface area contributed by atoms with Crippen molar-refractivity contribution in [1.82, 2.24) is 0 Å². The van der Waals surface area contributed by atoms with Crippen molar-refractivity contribution in [2.75, 3.05) is 6.61 Å². The van der Waals surface area contributed by atoms with Gasteiger partial charge in [-0.05, 0) is 24.3 Å². The van der Waals surface area contributed by atoms with Crippen LogP contribution in [0, 0.1) is 0 Å². The van der Waals surface area contributed by atoms with Crippen molar-refractivity contribution in [3.63, 3.8) is 0 Å². The van der Waals surface area contributed by atoms with E-state index < -0.39 is 19.2 Å². The summed E-state index contributed by atoms with van der Waals surface area (Å²) in [5.74, 6) is 1.71. The average Bonchev–Trinajstić information content (AvgIpc) is 2.43. The number of hydrogen-bond donors (Lipinski definition) is 0. The number of para-hydroxylation sites is 1. The Morgan fingerprint density at radius 2 is 1.76 bits per heavy atom. The highest BCUT2D eigenvalue weighted by Gasteiger charge is 2.27. The normalized spacial score (nSPS) is 13.1. The smallest absolute Gasteiger partial charge is 0.392 e. The Bertz CT molecular complexity index is 656. The van der Waals surface area contributed by atoms with Gasteiger partial charge in [0.1, 0.15) is 17.2 Å². The van der Waals surface area contributed by atoms with Crippen LogP contribution in [0.25, 0.3) is 0 Å². The Balaban J connectivity index is 1.72. The second-order valence-corrected chi connectivity index (χ2v) is 5.56. The van der Waals surface area contributed by atoms with Crippen molar-refractivity contribution in [2.24, 2.45) is 0 Å². The van der Waals surface area contributed by atoms with Gasteiger partial charge in [-0.15, -0.1) is 0 Å². The van der Waals surface area contributed by atoms with E-state index >= 15 is 0 Å². The molecule has 0 saturated carbocycles. The first-order chi connectivity index (χ1) is 10.0. The van der Waals surface area contributed by atoms with Gasteiger partial charge < -0.3 is 9.47 Å². The molecule has 110 valence electrons. The fourth-order valence-electron chi connectivity index (χ4n) is 1.88. The maximum absolute atomic E-state index is 12.1. The lowest BCUT2D eigenvalue weighted by atomic mass is 10.3. The number of alkyl halides is 3. The minimum Gasteiger partial charge on any atom is -0.493 e. The highest BCUT2D eigenvalue weighted by atomic mass is 32.2. The maximum atomic E-state index is 12.1. The molecule has 0 fully saturated rings. The van der Waals surface area contributed by atoms with Crippen LogP contribution in [0.3, 0.4) is 0 Å². The van der Waals surface area contributed by atoms with E-state index in [2.05, 4.69) is 0 Å². The van der Waals surface area contributed by atoms with E-state index in [1.165, 1.54) is 0 Å². The third-order valence-electron chi connectivity index (χ3n) is 2.86. The van der Waals surface area contributed by atoms with Crippen LogP contribution in [0.4, 0.5) is 13.2 Å². The van der Waals surface area contributed by atoms with E-state index in [4.69, 9.17) is 9.47 Å². The molecule has 1 aliphatic rings. The van der Waals surface area contributed by atoms with Gasteiger partial charge in [-0.3, -0.25) is 0 Å². The molecule has 6 heteroatoms. The molecule has 0 aromatic heterocycles. The molecule has 0 aliphatic carbocycles. The third kappa shape index (κ3) is 3.44. The average molecular weight is 312 g/mol. The number of fused-ring (bicyclic) bond motifs is 2. The fraction of sp³-hybridized carbons (Fsp3) is 0.200. The molecule has 0 atom stereocenters. The quantitative estimate of drug-likeness (QED) is 0.656. The standard InChI is InChI=1S/C15H11F3O2S/c16-15(17,18)7-8-19-10-5-6-14-12(9-10)20-11-3-1-2-4-13(11)21-14/h1-6,9H,7-8H2. The third-order valence-corrected chi connectivity index (χ3v) is 3.97. The van der Waals surface area contributed by atoms with Crippen molar-refractivity contribution in [3.05, 3.63) is 42.5 Å². The summed E-state index contributed by atoms with van der Waals surface area (Å²) in [6.45, 7) is -0.397. The second-order valence-electron chi connectivity index (χ2n) is 4.47. The number of rotatable bonds is 3. The summed E-state index contributed by atoms with van der Waals surface area (Å²) in [7, 11) is 0. The topological polar surface area (TPSA) is 18.5 Å². The van der Waals surface area contributed by atoms with E-state index in [0.29, 0.717) is 11.5 Å². The summed E-state index contributed by atoms with van der Waals surface area (Å²) in [6, 6.07) is 12.7. The lowest BCUT2D eigenvalue weighted by molar-refractivity contribution is -0.139. The van der Waals surface area contributed by atoms with Gasteiger partial charge in [0, 0.05) is 6.07 Å². The van der Waals surface area contributed by atoms with Crippen LogP contribution in [0.2, 0.25) is 0 Å². The maximum Gasteiger partial charge on any atom is 0.392 e. The van der Waals surface area contributed by atoms with Crippen LogP contribution in [-0.2, 0) is 0 Å². The molecule has 0 amide bonds. The molecule has 2 aromatic carbocycles.